The molecule has 86 valence electrons. The summed E-state index contributed by atoms with van der Waals surface area (Å²) < 4.78 is 0. The summed E-state index contributed by atoms with van der Waals surface area (Å²) in [5, 5.41) is 9.17. The van der Waals surface area contributed by atoms with E-state index in [0.717, 1.165) is 24.9 Å². The fourth-order valence-corrected chi connectivity index (χ4v) is 2.94. The number of aliphatic hydroxyl groups excluding tert-OH is 1. The fourth-order valence-electron chi connectivity index (χ4n) is 2.94. The van der Waals surface area contributed by atoms with E-state index in [9.17, 15) is 0 Å². The standard InChI is InChI=1S/C12H22N2O/c1-9(2)14-7-11-5-13(4-10(3)15)6-12(11)8-14/h9,11-12,15H,3-8H2,1-2H3. The summed E-state index contributed by atoms with van der Waals surface area (Å²) in [5.41, 5.74) is 0. The molecule has 0 spiro atoms. The van der Waals surface area contributed by atoms with Crippen molar-refractivity contribution in [2.24, 2.45) is 11.8 Å². The smallest absolute Gasteiger partial charge is 0.0991 e. The Bertz CT molecular complexity index is 238. The summed E-state index contributed by atoms with van der Waals surface area (Å²) in [6, 6.07) is 0.678. The first-order valence-electron chi connectivity index (χ1n) is 5.89. The Balaban J connectivity index is 1.85. The van der Waals surface area contributed by atoms with E-state index in [1.54, 1.807) is 0 Å². The first kappa shape index (κ1) is 11.0. The minimum absolute atomic E-state index is 0.302. The first-order valence-corrected chi connectivity index (χ1v) is 5.89. The Morgan fingerprint density at radius 3 is 2.20 bits per heavy atom. The number of rotatable bonds is 3. The summed E-state index contributed by atoms with van der Waals surface area (Å²) in [4.78, 5) is 4.90. The summed E-state index contributed by atoms with van der Waals surface area (Å²) >= 11 is 0. The molecule has 15 heavy (non-hydrogen) atoms. The van der Waals surface area contributed by atoms with E-state index < -0.39 is 0 Å². The molecule has 1 N–H and O–H groups in total. The molecule has 0 aromatic rings. The number of hydrogen-bond donors (Lipinski definition) is 1. The predicted octanol–water partition coefficient (Wildman–Crippen LogP) is 1.33. The molecule has 2 atom stereocenters. The van der Waals surface area contributed by atoms with E-state index in [1.165, 1.54) is 13.1 Å². The van der Waals surface area contributed by atoms with Crippen LogP contribution in [0.5, 0.6) is 0 Å². The van der Waals surface area contributed by atoms with Crippen molar-refractivity contribution < 1.29 is 5.11 Å². The van der Waals surface area contributed by atoms with Crippen molar-refractivity contribution in [3.05, 3.63) is 12.3 Å². The molecule has 0 radical (unpaired) electrons. The molecule has 0 bridgehead atoms. The molecule has 0 amide bonds. The van der Waals surface area contributed by atoms with E-state index in [1.807, 2.05) is 0 Å². The van der Waals surface area contributed by atoms with Crippen molar-refractivity contribution in [1.29, 1.82) is 0 Å². The lowest BCUT2D eigenvalue weighted by Gasteiger charge is -2.23. The summed E-state index contributed by atoms with van der Waals surface area (Å²) in [5.74, 6) is 1.93. The molecule has 2 aliphatic heterocycles. The summed E-state index contributed by atoms with van der Waals surface area (Å²) in [6.45, 7) is 13.5. The molecule has 2 aliphatic rings. The molecule has 0 saturated carbocycles. The van der Waals surface area contributed by atoms with Crippen molar-refractivity contribution in [2.45, 2.75) is 19.9 Å². The maximum atomic E-state index is 9.17. The van der Waals surface area contributed by atoms with Gasteiger partial charge in [-0.2, -0.15) is 0 Å². The average molecular weight is 210 g/mol. The zero-order valence-corrected chi connectivity index (χ0v) is 9.82. The van der Waals surface area contributed by atoms with E-state index >= 15 is 0 Å². The van der Waals surface area contributed by atoms with Gasteiger partial charge < -0.3 is 10.0 Å². The van der Waals surface area contributed by atoms with Gasteiger partial charge in [0.05, 0.1) is 12.3 Å². The Labute approximate surface area is 92.4 Å². The number of likely N-dealkylation sites (tertiary alicyclic amines) is 2. The van der Waals surface area contributed by atoms with Crippen molar-refractivity contribution >= 4 is 0 Å². The third kappa shape index (κ3) is 2.34. The number of hydrogen-bond acceptors (Lipinski definition) is 3. The molecule has 0 aromatic carbocycles. The maximum absolute atomic E-state index is 9.17. The molecular weight excluding hydrogens is 188 g/mol. The fraction of sp³-hybridized carbons (Fsp3) is 0.833. The van der Waals surface area contributed by atoms with Gasteiger partial charge in [0.2, 0.25) is 0 Å². The molecule has 2 saturated heterocycles. The van der Waals surface area contributed by atoms with Crippen LogP contribution in [0.1, 0.15) is 13.8 Å². The van der Waals surface area contributed by atoms with Crippen LogP contribution in [0.15, 0.2) is 12.3 Å². The van der Waals surface area contributed by atoms with Gasteiger partial charge in [0.25, 0.3) is 0 Å². The third-order valence-electron chi connectivity index (χ3n) is 3.73. The van der Waals surface area contributed by atoms with Gasteiger partial charge in [-0.05, 0) is 25.7 Å². The van der Waals surface area contributed by atoms with Gasteiger partial charge in [0.15, 0.2) is 0 Å². The van der Waals surface area contributed by atoms with Gasteiger partial charge >= 0.3 is 0 Å². The van der Waals surface area contributed by atoms with Crippen molar-refractivity contribution in [1.82, 2.24) is 9.80 Å². The van der Waals surface area contributed by atoms with E-state index in [4.69, 9.17) is 5.11 Å². The zero-order valence-electron chi connectivity index (χ0n) is 9.82. The SMILES string of the molecule is C=C(O)CN1CC2CN(C(C)C)CC2C1. The second kappa shape index (κ2) is 4.14. The van der Waals surface area contributed by atoms with Gasteiger partial charge in [-0.25, -0.2) is 0 Å². The number of aliphatic hydroxyl groups is 1. The molecule has 3 heteroatoms. The molecule has 2 heterocycles. The van der Waals surface area contributed by atoms with Crippen LogP contribution in [0.4, 0.5) is 0 Å². The van der Waals surface area contributed by atoms with E-state index in [0.29, 0.717) is 18.3 Å². The topological polar surface area (TPSA) is 26.7 Å². The third-order valence-corrected chi connectivity index (χ3v) is 3.73. The average Bonchev–Trinajstić information content (AvgIpc) is 2.58. The van der Waals surface area contributed by atoms with Gasteiger partial charge in [0, 0.05) is 32.2 Å². The minimum atomic E-state index is 0.302. The molecule has 2 rings (SSSR count). The zero-order chi connectivity index (χ0) is 11.0. The Kier molecular flexibility index (Phi) is 3.03. The van der Waals surface area contributed by atoms with Crippen molar-refractivity contribution in [2.75, 3.05) is 32.7 Å². The van der Waals surface area contributed by atoms with Crippen LogP contribution in [0.3, 0.4) is 0 Å². The van der Waals surface area contributed by atoms with Crippen LogP contribution < -0.4 is 0 Å². The Morgan fingerprint density at radius 2 is 1.80 bits per heavy atom. The minimum Gasteiger partial charge on any atom is -0.512 e. The van der Waals surface area contributed by atoms with Gasteiger partial charge in [-0.3, -0.25) is 4.90 Å². The van der Waals surface area contributed by atoms with Gasteiger partial charge in [-0.1, -0.05) is 6.58 Å². The van der Waals surface area contributed by atoms with Gasteiger partial charge in [-0.15, -0.1) is 0 Å². The quantitative estimate of drug-likeness (QED) is 0.712. The van der Waals surface area contributed by atoms with Crippen LogP contribution in [-0.4, -0.2) is 53.7 Å². The van der Waals surface area contributed by atoms with Crippen LogP contribution in [0.25, 0.3) is 0 Å². The van der Waals surface area contributed by atoms with E-state index in [2.05, 4.69) is 30.2 Å². The lowest BCUT2D eigenvalue weighted by Crippen LogP contribution is -2.33. The summed E-state index contributed by atoms with van der Waals surface area (Å²) in [7, 11) is 0. The van der Waals surface area contributed by atoms with Crippen LogP contribution in [0, 0.1) is 11.8 Å². The van der Waals surface area contributed by atoms with Crippen LogP contribution >= 0.6 is 0 Å². The summed E-state index contributed by atoms with van der Waals surface area (Å²) in [6.07, 6.45) is 0. The Morgan fingerprint density at radius 1 is 1.27 bits per heavy atom. The maximum Gasteiger partial charge on any atom is 0.0991 e. The van der Waals surface area contributed by atoms with Crippen molar-refractivity contribution in [3.8, 4) is 0 Å². The molecule has 0 aliphatic carbocycles. The normalized spacial score (nSPS) is 32.5. The molecule has 2 unspecified atom stereocenters. The monoisotopic (exact) mass is 210 g/mol. The second-order valence-electron chi connectivity index (χ2n) is 5.33. The molecular formula is C12H22N2O. The Hall–Kier alpha value is -0.540. The predicted molar refractivity (Wildman–Crippen MR) is 61.9 cm³/mol. The highest BCUT2D eigenvalue weighted by Crippen LogP contribution is 2.31. The van der Waals surface area contributed by atoms with E-state index in [-0.39, 0.29) is 0 Å². The molecule has 0 aromatic heterocycles. The highest BCUT2D eigenvalue weighted by molar-refractivity contribution is 4.96. The number of fused-ring (bicyclic) bond motifs is 1. The van der Waals surface area contributed by atoms with Crippen LogP contribution in [-0.2, 0) is 0 Å². The lowest BCUT2D eigenvalue weighted by molar-refractivity contribution is 0.218. The molecule has 2 fully saturated rings. The highest BCUT2D eigenvalue weighted by Gasteiger charge is 2.40. The van der Waals surface area contributed by atoms with Crippen molar-refractivity contribution in [3.63, 3.8) is 0 Å². The number of nitrogens with zero attached hydrogens (tertiary/aromatic N) is 2. The first-order chi connectivity index (χ1) is 7.06. The highest BCUT2D eigenvalue weighted by atomic mass is 16.3. The largest absolute Gasteiger partial charge is 0.512 e. The van der Waals surface area contributed by atoms with Gasteiger partial charge in [0.1, 0.15) is 0 Å². The lowest BCUT2D eigenvalue weighted by atomic mass is 10.0. The molecule has 3 nitrogen and oxygen atoms in total. The second-order valence-corrected chi connectivity index (χ2v) is 5.33. The van der Waals surface area contributed by atoms with Crippen LogP contribution in [0.2, 0.25) is 0 Å².